The van der Waals surface area contributed by atoms with Crippen molar-refractivity contribution in [1.82, 2.24) is 10.2 Å². The van der Waals surface area contributed by atoms with Crippen LogP contribution in [0.2, 0.25) is 0 Å². The maximum absolute atomic E-state index is 12.9. The van der Waals surface area contributed by atoms with Gasteiger partial charge in [0.25, 0.3) is 0 Å². The topological polar surface area (TPSA) is 32.3 Å². The number of aryl methyl sites for hydroxylation is 1. The van der Waals surface area contributed by atoms with E-state index in [-0.39, 0.29) is 17.3 Å². The number of nitrogens with one attached hydrogen (secondary N) is 1. The minimum Gasteiger partial charge on any atom is -0.350 e. The minimum absolute atomic E-state index is 0.108. The summed E-state index contributed by atoms with van der Waals surface area (Å²) in [6.07, 6.45) is 4.45. The van der Waals surface area contributed by atoms with Gasteiger partial charge in [0, 0.05) is 12.1 Å². The maximum atomic E-state index is 12.9. The molecule has 3 nitrogen and oxygen atoms in total. The summed E-state index contributed by atoms with van der Waals surface area (Å²) in [6, 6.07) is 6.79. The van der Waals surface area contributed by atoms with Crippen LogP contribution >= 0.6 is 0 Å². The fourth-order valence-corrected chi connectivity index (χ4v) is 3.21. The number of carbonyl (C=O) groups is 1. The normalized spacial score (nSPS) is 19.6. The smallest absolute Gasteiger partial charge is 0.234 e. The Morgan fingerprint density at radius 1 is 1.30 bits per heavy atom. The molecule has 1 heterocycles. The van der Waals surface area contributed by atoms with Crippen molar-refractivity contribution in [1.29, 1.82) is 0 Å². The summed E-state index contributed by atoms with van der Waals surface area (Å²) < 4.78 is 12.9. The van der Waals surface area contributed by atoms with E-state index in [0.717, 1.165) is 32.4 Å². The predicted molar refractivity (Wildman–Crippen MR) is 91.8 cm³/mol. The van der Waals surface area contributed by atoms with E-state index in [4.69, 9.17) is 0 Å². The standard InChI is InChI=1S/C19H29FN2O/c1-19(2,3)21-18(23)14-22-12-4-5-16(13-22)7-6-15-8-10-17(20)11-9-15/h8-11,16H,4-7,12-14H2,1-3H3,(H,21,23)/t16-/m1/s1. The zero-order valence-corrected chi connectivity index (χ0v) is 14.6. The van der Waals surface area contributed by atoms with Crippen molar-refractivity contribution in [3.05, 3.63) is 35.6 Å². The lowest BCUT2D eigenvalue weighted by Crippen LogP contribution is -2.48. The summed E-state index contributed by atoms with van der Waals surface area (Å²) in [6.45, 7) is 8.50. The van der Waals surface area contributed by atoms with Crippen LogP contribution in [0.4, 0.5) is 4.39 Å². The van der Waals surface area contributed by atoms with Crippen LogP contribution in [0.5, 0.6) is 0 Å². The van der Waals surface area contributed by atoms with Gasteiger partial charge in [-0.2, -0.15) is 0 Å². The van der Waals surface area contributed by atoms with Crippen molar-refractivity contribution in [2.45, 2.75) is 52.0 Å². The molecule has 1 aliphatic heterocycles. The number of rotatable bonds is 5. The summed E-state index contributed by atoms with van der Waals surface area (Å²) in [4.78, 5) is 14.3. The quantitative estimate of drug-likeness (QED) is 0.902. The molecule has 1 atom stereocenters. The molecule has 1 aromatic rings. The van der Waals surface area contributed by atoms with Gasteiger partial charge in [0.05, 0.1) is 6.54 Å². The lowest BCUT2D eigenvalue weighted by Gasteiger charge is -2.33. The van der Waals surface area contributed by atoms with Crippen LogP contribution in [0.15, 0.2) is 24.3 Å². The lowest BCUT2D eigenvalue weighted by atomic mass is 9.91. The highest BCUT2D eigenvalue weighted by Crippen LogP contribution is 2.21. The van der Waals surface area contributed by atoms with E-state index in [1.165, 1.54) is 24.1 Å². The molecule has 1 aromatic carbocycles. The van der Waals surface area contributed by atoms with E-state index in [1.54, 1.807) is 0 Å². The number of hydrogen-bond donors (Lipinski definition) is 1. The summed E-state index contributed by atoms with van der Waals surface area (Å²) >= 11 is 0. The van der Waals surface area contributed by atoms with Gasteiger partial charge < -0.3 is 5.32 Å². The predicted octanol–water partition coefficient (Wildman–Crippen LogP) is 3.39. The van der Waals surface area contributed by atoms with Crippen LogP contribution in [0.25, 0.3) is 0 Å². The van der Waals surface area contributed by atoms with E-state index in [2.05, 4.69) is 10.2 Å². The molecule has 1 saturated heterocycles. The molecule has 2 rings (SSSR count). The zero-order valence-electron chi connectivity index (χ0n) is 14.6. The summed E-state index contributed by atoms with van der Waals surface area (Å²) in [5.41, 5.74) is 1.02. The van der Waals surface area contributed by atoms with Gasteiger partial charge in [0.2, 0.25) is 5.91 Å². The summed E-state index contributed by atoms with van der Waals surface area (Å²) in [5.74, 6) is 0.551. The monoisotopic (exact) mass is 320 g/mol. The van der Waals surface area contributed by atoms with Crippen LogP contribution in [-0.4, -0.2) is 36.0 Å². The molecule has 0 aliphatic carbocycles. The Bertz CT molecular complexity index is 507. The number of piperidine rings is 1. The van der Waals surface area contributed by atoms with Crippen molar-refractivity contribution >= 4 is 5.91 Å². The largest absolute Gasteiger partial charge is 0.350 e. The van der Waals surface area contributed by atoms with Gasteiger partial charge in [-0.1, -0.05) is 12.1 Å². The van der Waals surface area contributed by atoms with Gasteiger partial charge in [0.1, 0.15) is 5.82 Å². The van der Waals surface area contributed by atoms with Crippen LogP contribution in [0.3, 0.4) is 0 Å². The molecule has 1 fully saturated rings. The third-order valence-corrected chi connectivity index (χ3v) is 4.24. The van der Waals surface area contributed by atoms with Gasteiger partial charge in [-0.25, -0.2) is 4.39 Å². The molecule has 0 spiro atoms. The SMILES string of the molecule is CC(C)(C)NC(=O)CN1CCC[C@H](CCc2ccc(F)cc2)C1. The van der Waals surface area contributed by atoms with Gasteiger partial charge in [-0.15, -0.1) is 0 Å². The Morgan fingerprint density at radius 3 is 2.65 bits per heavy atom. The number of amides is 1. The Balaban J connectivity index is 1.76. The molecule has 1 aliphatic rings. The second-order valence-corrected chi connectivity index (χ2v) is 7.71. The van der Waals surface area contributed by atoms with Crippen LogP contribution in [0, 0.1) is 11.7 Å². The van der Waals surface area contributed by atoms with E-state index in [1.807, 2.05) is 32.9 Å². The molecular formula is C19H29FN2O. The molecule has 0 radical (unpaired) electrons. The maximum Gasteiger partial charge on any atom is 0.234 e. The lowest BCUT2D eigenvalue weighted by molar-refractivity contribution is -0.124. The Hall–Kier alpha value is -1.42. The molecule has 1 N–H and O–H groups in total. The zero-order chi connectivity index (χ0) is 16.9. The second kappa shape index (κ2) is 7.91. The highest BCUT2D eigenvalue weighted by atomic mass is 19.1. The molecule has 0 saturated carbocycles. The average Bonchev–Trinajstić information content (AvgIpc) is 2.45. The average molecular weight is 320 g/mol. The summed E-state index contributed by atoms with van der Waals surface area (Å²) in [5, 5.41) is 3.03. The van der Waals surface area contributed by atoms with Crippen molar-refractivity contribution in [2.75, 3.05) is 19.6 Å². The van der Waals surface area contributed by atoms with Crippen molar-refractivity contribution in [3.63, 3.8) is 0 Å². The van der Waals surface area contributed by atoms with E-state index < -0.39 is 0 Å². The third-order valence-electron chi connectivity index (χ3n) is 4.24. The van der Waals surface area contributed by atoms with Crippen LogP contribution < -0.4 is 5.32 Å². The molecular weight excluding hydrogens is 291 g/mol. The van der Waals surface area contributed by atoms with E-state index in [0.29, 0.717) is 12.5 Å². The van der Waals surface area contributed by atoms with Gasteiger partial charge in [-0.05, 0) is 76.6 Å². The molecule has 0 unspecified atom stereocenters. The van der Waals surface area contributed by atoms with Crippen LogP contribution in [-0.2, 0) is 11.2 Å². The first-order valence-electron chi connectivity index (χ1n) is 8.60. The molecule has 0 aromatic heterocycles. The molecule has 0 bridgehead atoms. The number of halogens is 1. The first-order valence-corrected chi connectivity index (χ1v) is 8.60. The Morgan fingerprint density at radius 2 is 2.00 bits per heavy atom. The van der Waals surface area contributed by atoms with E-state index in [9.17, 15) is 9.18 Å². The van der Waals surface area contributed by atoms with Gasteiger partial charge >= 0.3 is 0 Å². The summed E-state index contributed by atoms with van der Waals surface area (Å²) in [7, 11) is 0. The molecule has 1 amide bonds. The van der Waals surface area contributed by atoms with Crippen molar-refractivity contribution < 1.29 is 9.18 Å². The number of carbonyl (C=O) groups excluding carboxylic acids is 1. The number of nitrogens with zero attached hydrogens (tertiary/aromatic N) is 1. The first-order chi connectivity index (χ1) is 10.8. The first kappa shape index (κ1) is 17.9. The minimum atomic E-state index is -0.178. The number of benzene rings is 1. The number of hydrogen-bond acceptors (Lipinski definition) is 2. The highest BCUT2D eigenvalue weighted by Gasteiger charge is 2.23. The Kier molecular flexibility index (Phi) is 6.17. The fourth-order valence-electron chi connectivity index (χ4n) is 3.21. The highest BCUT2D eigenvalue weighted by molar-refractivity contribution is 5.78. The van der Waals surface area contributed by atoms with Gasteiger partial charge in [0.15, 0.2) is 0 Å². The van der Waals surface area contributed by atoms with Crippen molar-refractivity contribution in [3.8, 4) is 0 Å². The molecule has 23 heavy (non-hydrogen) atoms. The third kappa shape index (κ3) is 6.69. The van der Waals surface area contributed by atoms with E-state index >= 15 is 0 Å². The molecule has 128 valence electrons. The molecule has 4 heteroatoms. The second-order valence-electron chi connectivity index (χ2n) is 7.71. The van der Waals surface area contributed by atoms with Crippen molar-refractivity contribution in [2.24, 2.45) is 5.92 Å². The number of likely N-dealkylation sites (tertiary alicyclic amines) is 1. The Labute approximate surface area is 139 Å². The van der Waals surface area contributed by atoms with Gasteiger partial charge in [-0.3, -0.25) is 9.69 Å². The van der Waals surface area contributed by atoms with Crippen LogP contribution in [0.1, 0.15) is 45.6 Å². The fraction of sp³-hybridized carbons (Fsp3) is 0.632.